The Labute approximate surface area is 147 Å². The van der Waals surface area contributed by atoms with Gasteiger partial charge in [0, 0.05) is 30.5 Å². The summed E-state index contributed by atoms with van der Waals surface area (Å²) in [6.45, 7) is 1.99. The lowest BCUT2D eigenvalue weighted by molar-refractivity contribution is -0.134. The lowest BCUT2D eigenvalue weighted by atomic mass is 10.1. The fourth-order valence-electron chi connectivity index (χ4n) is 2.93. The maximum Gasteiger partial charge on any atom is 0.227 e. The zero-order valence-corrected chi connectivity index (χ0v) is 14.3. The third-order valence-corrected chi connectivity index (χ3v) is 4.42. The Morgan fingerprint density at radius 2 is 2.17 bits per heavy atom. The Morgan fingerprint density at radius 1 is 1.29 bits per heavy atom. The van der Waals surface area contributed by atoms with Crippen molar-refractivity contribution in [1.82, 2.24) is 9.88 Å². The quantitative estimate of drug-likeness (QED) is 0.834. The summed E-state index contributed by atoms with van der Waals surface area (Å²) >= 11 is 5.99. The number of carbonyl (C=O) groups excluding carboxylic acids is 1. The van der Waals surface area contributed by atoms with Gasteiger partial charge in [-0.05, 0) is 42.2 Å². The Balaban J connectivity index is 1.52. The molecule has 126 valence electrons. The number of hydrogen-bond donors (Lipinski definition) is 0. The Kier molecular flexibility index (Phi) is 5.83. The number of aromatic nitrogens is 1. The molecule has 0 N–H and O–H groups in total. The molecule has 1 saturated heterocycles. The number of piperidine rings is 1. The van der Waals surface area contributed by atoms with Gasteiger partial charge in [-0.1, -0.05) is 29.8 Å². The van der Waals surface area contributed by atoms with Crippen LogP contribution in [0.1, 0.15) is 24.0 Å². The number of benzene rings is 1. The predicted octanol–water partition coefficient (Wildman–Crippen LogP) is 3.49. The Bertz CT molecular complexity index is 678. The van der Waals surface area contributed by atoms with E-state index in [9.17, 15) is 4.79 Å². The van der Waals surface area contributed by atoms with Gasteiger partial charge in [-0.25, -0.2) is 0 Å². The molecule has 0 bridgehead atoms. The number of amides is 1. The first kappa shape index (κ1) is 16.9. The van der Waals surface area contributed by atoms with Gasteiger partial charge in [0.05, 0.1) is 19.1 Å². The SMILES string of the molecule is O=C(Cc1cccc(Cl)c1)N1CCC[C@@H](OCc2cccnc2)C1. The molecular formula is C19H21ClN2O2. The smallest absolute Gasteiger partial charge is 0.227 e. The maximum absolute atomic E-state index is 12.5. The zero-order chi connectivity index (χ0) is 16.8. The molecule has 0 aliphatic carbocycles. The van der Waals surface area contributed by atoms with Crippen LogP contribution in [-0.2, 0) is 22.6 Å². The van der Waals surface area contributed by atoms with Crippen molar-refractivity contribution in [2.45, 2.75) is 32.0 Å². The number of ether oxygens (including phenoxy) is 1. The van der Waals surface area contributed by atoms with Crippen molar-refractivity contribution in [2.75, 3.05) is 13.1 Å². The molecule has 0 unspecified atom stereocenters. The molecule has 5 heteroatoms. The van der Waals surface area contributed by atoms with E-state index in [-0.39, 0.29) is 12.0 Å². The van der Waals surface area contributed by atoms with Crippen LogP contribution in [-0.4, -0.2) is 35.0 Å². The topological polar surface area (TPSA) is 42.4 Å². The van der Waals surface area contributed by atoms with Crippen molar-refractivity contribution in [3.8, 4) is 0 Å². The summed E-state index contributed by atoms with van der Waals surface area (Å²) in [5.74, 6) is 0.131. The number of halogens is 1. The number of nitrogens with zero attached hydrogens (tertiary/aromatic N) is 2. The first-order valence-electron chi connectivity index (χ1n) is 8.23. The van der Waals surface area contributed by atoms with E-state index in [0.29, 0.717) is 24.6 Å². The number of likely N-dealkylation sites (tertiary alicyclic amines) is 1. The second-order valence-corrected chi connectivity index (χ2v) is 6.52. The van der Waals surface area contributed by atoms with E-state index in [1.54, 1.807) is 6.20 Å². The van der Waals surface area contributed by atoms with Crippen molar-refractivity contribution in [1.29, 1.82) is 0 Å². The normalized spacial score (nSPS) is 17.7. The van der Waals surface area contributed by atoms with Crippen LogP contribution in [0.15, 0.2) is 48.8 Å². The molecule has 0 radical (unpaired) electrons. The Morgan fingerprint density at radius 3 is 2.96 bits per heavy atom. The monoisotopic (exact) mass is 344 g/mol. The maximum atomic E-state index is 12.5. The van der Waals surface area contributed by atoms with E-state index in [1.165, 1.54) is 0 Å². The van der Waals surface area contributed by atoms with Crippen LogP contribution in [0.2, 0.25) is 5.02 Å². The minimum atomic E-state index is 0.0854. The molecule has 2 heterocycles. The second-order valence-electron chi connectivity index (χ2n) is 6.08. The summed E-state index contributed by atoms with van der Waals surface area (Å²) < 4.78 is 5.96. The molecule has 1 aliphatic heterocycles. The molecule has 1 fully saturated rings. The fourth-order valence-corrected chi connectivity index (χ4v) is 3.14. The molecular weight excluding hydrogens is 324 g/mol. The standard InChI is InChI=1S/C19H21ClN2O2/c20-17-6-1-4-15(10-17)11-19(23)22-9-3-7-18(13-22)24-14-16-5-2-8-21-12-16/h1-2,4-6,8,10,12,18H,3,7,9,11,13-14H2/t18-/m1/s1. The minimum Gasteiger partial charge on any atom is -0.372 e. The molecule has 1 amide bonds. The van der Waals surface area contributed by atoms with Gasteiger partial charge in [-0.15, -0.1) is 0 Å². The van der Waals surface area contributed by atoms with E-state index in [1.807, 2.05) is 47.5 Å². The average Bonchev–Trinajstić information content (AvgIpc) is 2.61. The third-order valence-electron chi connectivity index (χ3n) is 4.18. The molecule has 1 atom stereocenters. The highest BCUT2D eigenvalue weighted by molar-refractivity contribution is 6.30. The van der Waals surface area contributed by atoms with Crippen molar-refractivity contribution in [3.63, 3.8) is 0 Å². The summed E-state index contributed by atoms with van der Waals surface area (Å²) in [4.78, 5) is 18.5. The van der Waals surface area contributed by atoms with Crippen LogP contribution in [0.4, 0.5) is 0 Å². The van der Waals surface area contributed by atoms with Crippen molar-refractivity contribution in [3.05, 3.63) is 64.9 Å². The first-order chi connectivity index (χ1) is 11.7. The van der Waals surface area contributed by atoms with Crippen LogP contribution in [0.3, 0.4) is 0 Å². The first-order valence-corrected chi connectivity index (χ1v) is 8.61. The van der Waals surface area contributed by atoms with Gasteiger partial charge in [0.25, 0.3) is 0 Å². The van der Waals surface area contributed by atoms with E-state index < -0.39 is 0 Å². The fraction of sp³-hybridized carbons (Fsp3) is 0.368. The molecule has 2 aromatic rings. The van der Waals surface area contributed by atoms with Crippen LogP contribution in [0.25, 0.3) is 0 Å². The molecule has 1 aliphatic rings. The summed E-state index contributed by atoms with van der Waals surface area (Å²) in [5, 5.41) is 0.664. The van der Waals surface area contributed by atoms with Crippen LogP contribution >= 0.6 is 11.6 Å². The molecule has 1 aromatic heterocycles. The molecule has 0 saturated carbocycles. The third kappa shape index (κ3) is 4.79. The van der Waals surface area contributed by atoms with E-state index in [4.69, 9.17) is 16.3 Å². The van der Waals surface area contributed by atoms with Gasteiger partial charge in [-0.2, -0.15) is 0 Å². The minimum absolute atomic E-state index is 0.0854. The zero-order valence-electron chi connectivity index (χ0n) is 13.5. The highest BCUT2D eigenvalue weighted by Gasteiger charge is 2.24. The number of rotatable bonds is 5. The summed E-state index contributed by atoms with van der Waals surface area (Å²) in [7, 11) is 0. The van der Waals surface area contributed by atoms with Crippen molar-refractivity contribution in [2.24, 2.45) is 0 Å². The molecule has 1 aromatic carbocycles. The highest BCUT2D eigenvalue weighted by atomic mass is 35.5. The number of carbonyl (C=O) groups is 1. The van der Waals surface area contributed by atoms with Gasteiger partial charge >= 0.3 is 0 Å². The van der Waals surface area contributed by atoms with Gasteiger partial charge in [0.2, 0.25) is 5.91 Å². The van der Waals surface area contributed by atoms with Gasteiger partial charge in [0.15, 0.2) is 0 Å². The molecule has 3 rings (SSSR count). The Hall–Kier alpha value is -1.91. The van der Waals surface area contributed by atoms with E-state index in [0.717, 1.165) is 30.5 Å². The van der Waals surface area contributed by atoms with Crippen LogP contribution in [0.5, 0.6) is 0 Å². The van der Waals surface area contributed by atoms with Crippen LogP contribution < -0.4 is 0 Å². The van der Waals surface area contributed by atoms with E-state index >= 15 is 0 Å². The molecule has 4 nitrogen and oxygen atoms in total. The second kappa shape index (κ2) is 8.27. The predicted molar refractivity (Wildman–Crippen MR) is 93.8 cm³/mol. The van der Waals surface area contributed by atoms with Crippen LogP contribution in [0, 0.1) is 0 Å². The highest BCUT2D eigenvalue weighted by Crippen LogP contribution is 2.17. The molecule has 24 heavy (non-hydrogen) atoms. The lowest BCUT2D eigenvalue weighted by Crippen LogP contribution is -2.43. The number of hydrogen-bond acceptors (Lipinski definition) is 3. The summed E-state index contributed by atoms with van der Waals surface area (Å²) in [6.07, 6.45) is 5.99. The van der Waals surface area contributed by atoms with Gasteiger partial charge in [-0.3, -0.25) is 9.78 Å². The van der Waals surface area contributed by atoms with E-state index in [2.05, 4.69) is 4.98 Å². The van der Waals surface area contributed by atoms with Gasteiger partial charge < -0.3 is 9.64 Å². The van der Waals surface area contributed by atoms with Crippen molar-refractivity contribution < 1.29 is 9.53 Å². The lowest BCUT2D eigenvalue weighted by Gasteiger charge is -2.32. The largest absolute Gasteiger partial charge is 0.372 e. The number of pyridine rings is 1. The van der Waals surface area contributed by atoms with Crippen molar-refractivity contribution >= 4 is 17.5 Å². The average molecular weight is 345 g/mol. The summed E-state index contributed by atoms with van der Waals surface area (Å²) in [5.41, 5.74) is 2.01. The summed E-state index contributed by atoms with van der Waals surface area (Å²) in [6, 6.07) is 11.4. The van der Waals surface area contributed by atoms with Gasteiger partial charge in [0.1, 0.15) is 0 Å². The molecule has 0 spiro atoms.